The average molecular weight is 295 g/mol. The predicted molar refractivity (Wildman–Crippen MR) is 91.4 cm³/mol. The second kappa shape index (κ2) is 6.97. The van der Waals surface area contributed by atoms with Gasteiger partial charge in [0.1, 0.15) is 5.75 Å². The van der Waals surface area contributed by atoms with Crippen molar-refractivity contribution in [3.05, 3.63) is 65.2 Å². The quantitative estimate of drug-likeness (QED) is 0.901. The predicted octanol–water partition coefficient (Wildman–Crippen LogP) is 3.99. The number of benzene rings is 2. The molecule has 0 bridgehead atoms. The van der Waals surface area contributed by atoms with Gasteiger partial charge in [-0.2, -0.15) is 0 Å². The molecule has 0 saturated heterocycles. The number of rotatable bonds is 5. The Balaban J connectivity index is 1.59. The monoisotopic (exact) mass is 295 g/mol. The van der Waals surface area contributed by atoms with E-state index in [2.05, 4.69) is 48.3 Å². The Morgan fingerprint density at radius 3 is 2.77 bits per heavy atom. The largest absolute Gasteiger partial charge is 0.508 e. The fourth-order valence-corrected chi connectivity index (χ4v) is 3.52. The smallest absolute Gasteiger partial charge is 0.115 e. The van der Waals surface area contributed by atoms with Crippen molar-refractivity contribution < 1.29 is 5.11 Å². The zero-order valence-electron chi connectivity index (χ0n) is 13.3. The van der Waals surface area contributed by atoms with Crippen LogP contribution in [0.1, 0.15) is 35.4 Å². The fourth-order valence-electron chi connectivity index (χ4n) is 3.52. The van der Waals surface area contributed by atoms with Crippen LogP contribution in [-0.2, 0) is 12.8 Å². The summed E-state index contributed by atoms with van der Waals surface area (Å²) in [7, 11) is 2.22. The third-order valence-corrected chi connectivity index (χ3v) is 4.72. The van der Waals surface area contributed by atoms with E-state index in [-0.39, 0.29) is 0 Å². The van der Waals surface area contributed by atoms with E-state index in [0.717, 1.165) is 25.9 Å². The Morgan fingerprint density at radius 2 is 1.95 bits per heavy atom. The molecule has 0 saturated carbocycles. The molecule has 0 amide bonds. The zero-order valence-corrected chi connectivity index (χ0v) is 13.3. The molecule has 1 atom stereocenters. The van der Waals surface area contributed by atoms with Crippen molar-refractivity contribution in [2.24, 2.45) is 0 Å². The molecule has 22 heavy (non-hydrogen) atoms. The van der Waals surface area contributed by atoms with Crippen LogP contribution in [0.15, 0.2) is 48.5 Å². The lowest BCUT2D eigenvalue weighted by Gasteiger charge is -2.29. The van der Waals surface area contributed by atoms with Crippen molar-refractivity contribution in [3.8, 4) is 5.75 Å². The van der Waals surface area contributed by atoms with E-state index < -0.39 is 0 Å². The normalized spacial score (nSPS) is 17.5. The number of likely N-dealkylation sites (N-methyl/N-ethyl adjacent to an activating group) is 1. The summed E-state index contributed by atoms with van der Waals surface area (Å²) in [4.78, 5) is 2.44. The summed E-state index contributed by atoms with van der Waals surface area (Å²) in [6.45, 7) is 2.19. The molecular weight excluding hydrogens is 270 g/mol. The summed E-state index contributed by atoms with van der Waals surface area (Å²) in [6.07, 6.45) is 4.70. The molecule has 0 unspecified atom stereocenters. The van der Waals surface area contributed by atoms with E-state index in [1.807, 2.05) is 12.1 Å². The highest BCUT2D eigenvalue weighted by atomic mass is 16.3. The Morgan fingerprint density at radius 1 is 1.14 bits per heavy atom. The van der Waals surface area contributed by atoms with Gasteiger partial charge >= 0.3 is 0 Å². The molecule has 0 spiro atoms. The molecule has 2 aromatic carbocycles. The Bertz CT molecular complexity index is 608. The summed E-state index contributed by atoms with van der Waals surface area (Å²) in [5.41, 5.74) is 4.19. The van der Waals surface area contributed by atoms with E-state index >= 15 is 0 Å². The summed E-state index contributed by atoms with van der Waals surface area (Å²) in [6, 6.07) is 16.6. The highest BCUT2D eigenvalue weighted by Gasteiger charge is 2.21. The molecule has 3 rings (SSSR count). The molecule has 0 radical (unpaired) electrons. The number of hydrogen-bond acceptors (Lipinski definition) is 2. The third-order valence-electron chi connectivity index (χ3n) is 4.72. The third kappa shape index (κ3) is 3.69. The molecule has 1 N–H and O–H groups in total. The van der Waals surface area contributed by atoms with Gasteiger partial charge in [0.2, 0.25) is 0 Å². The minimum absolute atomic E-state index is 0.400. The van der Waals surface area contributed by atoms with Gasteiger partial charge < -0.3 is 10.0 Å². The molecule has 1 aliphatic rings. The van der Waals surface area contributed by atoms with Crippen LogP contribution in [0.4, 0.5) is 0 Å². The first kappa shape index (κ1) is 15.1. The first-order chi connectivity index (χ1) is 10.7. The van der Waals surface area contributed by atoms with Crippen molar-refractivity contribution in [1.82, 2.24) is 4.90 Å². The number of fused-ring (bicyclic) bond motifs is 1. The summed E-state index contributed by atoms with van der Waals surface area (Å²) < 4.78 is 0. The average Bonchev–Trinajstić information content (AvgIpc) is 2.54. The van der Waals surface area contributed by atoms with Crippen LogP contribution in [-0.4, -0.2) is 30.1 Å². The maximum atomic E-state index is 9.66. The van der Waals surface area contributed by atoms with E-state index in [1.165, 1.54) is 29.5 Å². The van der Waals surface area contributed by atoms with Gasteiger partial charge in [0.15, 0.2) is 0 Å². The first-order valence-electron chi connectivity index (χ1n) is 8.26. The standard InChI is InChI=1S/C20H25NO/c1-21(13-12-16-6-3-2-4-7-16)15-18-9-5-8-17-14-19(22)10-11-20(17)18/h2-4,6-7,10-11,14,18,22H,5,8-9,12-13,15H2,1H3/t18-/m0/s1. The lowest BCUT2D eigenvalue weighted by molar-refractivity contribution is 0.301. The SMILES string of the molecule is CN(CCc1ccccc1)C[C@@H]1CCCc2cc(O)ccc21. The second-order valence-corrected chi connectivity index (χ2v) is 6.47. The van der Waals surface area contributed by atoms with Gasteiger partial charge in [-0.1, -0.05) is 36.4 Å². The minimum Gasteiger partial charge on any atom is -0.508 e. The van der Waals surface area contributed by atoms with E-state index in [4.69, 9.17) is 0 Å². The number of aryl methyl sites for hydroxylation is 1. The Labute approximate surface area is 133 Å². The summed E-state index contributed by atoms with van der Waals surface area (Å²) in [5.74, 6) is 1.00. The van der Waals surface area contributed by atoms with Crippen molar-refractivity contribution in [2.75, 3.05) is 20.1 Å². The van der Waals surface area contributed by atoms with Crippen molar-refractivity contribution in [2.45, 2.75) is 31.6 Å². The first-order valence-corrected chi connectivity index (χ1v) is 8.26. The number of hydrogen-bond donors (Lipinski definition) is 1. The summed E-state index contributed by atoms with van der Waals surface area (Å²) in [5, 5.41) is 9.66. The van der Waals surface area contributed by atoms with Crippen LogP contribution in [0.5, 0.6) is 5.75 Å². The molecule has 0 aliphatic heterocycles. The molecule has 0 aromatic heterocycles. The van der Waals surface area contributed by atoms with Gasteiger partial charge in [0.05, 0.1) is 0 Å². The molecule has 2 nitrogen and oxygen atoms in total. The van der Waals surface area contributed by atoms with Gasteiger partial charge in [-0.15, -0.1) is 0 Å². The highest BCUT2D eigenvalue weighted by Crippen LogP contribution is 2.33. The molecule has 116 valence electrons. The van der Waals surface area contributed by atoms with Crippen LogP contribution >= 0.6 is 0 Å². The summed E-state index contributed by atoms with van der Waals surface area (Å²) >= 11 is 0. The van der Waals surface area contributed by atoms with E-state index in [9.17, 15) is 5.11 Å². The Hall–Kier alpha value is -1.80. The molecule has 1 aliphatic carbocycles. The van der Waals surface area contributed by atoms with Gasteiger partial charge in [-0.3, -0.25) is 0 Å². The van der Waals surface area contributed by atoms with E-state index in [1.54, 1.807) is 0 Å². The lowest BCUT2D eigenvalue weighted by atomic mass is 9.82. The van der Waals surface area contributed by atoms with Gasteiger partial charge in [0.25, 0.3) is 0 Å². The Kier molecular flexibility index (Phi) is 4.79. The van der Waals surface area contributed by atoms with Crippen LogP contribution in [0.25, 0.3) is 0 Å². The second-order valence-electron chi connectivity index (χ2n) is 6.47. The molecular formula is C20H25NO. The zero-order chi connectivity index (χ0) is 15.4. The lowest BCUT2D eigenvalue weighted by Crippen LogP contribution is -2.28. The maximum absolute atomic E-state index is 9.66. The van der Waals surface area contributed by atoms with Crippen LogP contribution in [0.2, 0.25) is 0 Å². The van der Waals surface area contributed by atoms with Crippen molar-refractivity contribution >= 4 is 0 Å². The molecule has 0 heterocycles. The number of phenols is 1. The van der Waals surface area contributed by atoms with Crippen LogP contribution < -0.4 is 0 Å². The molecule has 0 fully saturated rings. The van der Waals surface area contributed by atoms with Crippen LogP contribution in [0.3, 0.4) is 0 Å². The van der Waals surface area contributed by atoms with E-state index in [0.29, 0.717) is 11.7 Å². The fraction of sp³-hybridized carbons (Fsp3) is 0.400. The van der Waals surface area contributed by atoms with Crippen molar-refractivity contribution in [1.29, 1.82) is 0 Å². The van der Waals surface area contributed by atoms with Gasteiger partial charge in [0, 0.05) is 13.1 Å². The number of phenolic OH excluding ortho intramolecular Hbond substituents is 1. The van der Waals surface area contributed by atoms with Crippen LogP contribution in [0, 0.1) is 0 Å². The van der Waals surface area contributed by atoms with Gasteiger partial charge in [-0.05, 0) is 67.5 Å². The molecule has 2 aromatic rings. The van der Waals surface area contributed by atoms with Gasteiger partial charge in [-0.25, -0.2) is 0 Å². The maximum Gasteiger partial charge on any atom is 0.115 e. The topological polar surface area (TPSA) is 23.5 Å². The highest BCUT2D eigenvalue weighted by molar-refractivity contribution is 5.38. The number of nitrogens with zero attached hydrogens (tertiary/aromatic N) is 1. The number of aromatic hydroxyl groups is 1. The van der Waals surface area contributed by atoms with Crippen molar-refractivity contribution in [3.63, 3.8) is 0 Å². The molecule has 2 heteroatoms. The minimum atomic E-state index is 0.400.